The Kier molecular flexibility index (Phi) is 7.71. The van der Waals surface area contributed by atoms with Crippen LogP contribution in [0.2, 0.25) is 0 Å². The van der Waals surface area contributed by atoms with Crippen LogP contribution in [0, 0.1) is 0 Å². The molecule has 1 aliphatic rings. The van der Waals surface area contributed by atoms with Crippen LogP contribution >= 0.6 is 0 Å². The Balaban J connectivity index is 1.78. The van der Waals surface area contributed by atoms with Gasteiger partial charge in [-0.15, -0.1) is 0 Å². The highest BCUT2D eigenvalue weighted by Gasteiger charge is 2.17. The minimum absolute atomic E-state index is 0.359. The zero-order valence-corrected chi connectivity index (χ0v) is 10.2. The Labute approximate surface area is 97.8 Å². The van der Waals surface area contributed by atoms with Gasteiger partial charge in [0, 0.05) is 26.2 Å². The molecular weight excluding hydrogens is 208 g/mol. The summed E-state index contributed by atoms with van der Waals surface area (Å²) >= 11 is 0. The van der Waals surface area contributed by atoms with Gasteiger partial charge in [-0.3, -0.25) is 4.90 Å². The first kappa shape index (κ1) is 13.9. The van der Waals surface area contributed by atoms with Crippen molar-refractivity contribution in [3.05, 3.63) is 0 Å². The number of nitrogens with zero attached hydrogens (tertiary/aromatic N) is 1. The van der Waals surface area contributed by atoms with Gasteiger partial charge in [0.25, 0.3) is 0 Å². The Morgan fingerprint density at radius 2 is 1.81 bits per heavy atom. The molecule has 0 unspecified atom stereocenters. The van der Waals surface area contributed by atoms with Gasteiger partial charge in [-0.05, 0) is 13.0 Å². The fraction of sp³-hybridized carbons (Fsp3) is 1.00. The molecule has 1 atom stereocenters. The number of likely N-dealkylation sites (tertiary alicyclic amines) is 1. The molecule has 5 heteroatoms. The second kappa shape index (κ2) is 8.90. The first-order valence-electron chi connectivity index (χ1n) is 5.95. The molecule has 16 heavy (non-hydrogen) atoms. The second-order valence-corrected chi connectivity index (χ2v) is 4.07. The van der Waals surface area contributed by atoms with Gasteiger partial charge in [-0.1, -0.05) is 0 Å². The summed E-state index contributed by atoms with van der Waals surface area (Å²) in [6, 6.07) is 0.359. The number of methoxy groups -OCH3 is 1. The van der Waals surface area contributed by atoms with Crippen molar-refractivity contribution in [1.82, 2.24) is 4.90 Å². The average Bonchev–Trinajstić information content (AvgIpc) is 2.68. The van der Waals surface area contributed by atoms with Crippen LogP contribution in [0.15, 0.2) is 0 Å². The third-order valence-electron chi connectivity index (χ3n) is 2.66. The summed E-state index contributed by atoms with van der Waals surface area (Å²) < 4.78 is 15.6. The molecule has 1 fully saturated rings. The lowest BCUT2D eigenvalue weighted by Gasteiger charge is -2.14. The van der Waals surface area contributed by atoms with Crippen LogP contribution in [0.4, 0.5) is 0 Å². The van der Waals surface area contributed by atoms with Crippen LogP contribution < -0.4 is 5.73 Å². The Bertz CT molecular complexity index is 169. The monoisotopic (exact) mass is 232 g/mol. The average molecular weight is 232 g/mol. The van der Waals surface area contributed by atoms with Crippen molar-refractivity contribution in [2.75, 3.05) is 59.8 Å². The van der Waals surface area contributed by atoms with Crippen molar-refractivity contribution in [3.63, 3.8) is 0 Å². The van der Waals surface area contributed by atoms with Crippen molar-refractivity contribution >= 4 is 0 Å². The third kappa shape index (κ3) is 6.40. The number of hydrogen-bond donors (Lipinski definition) is 1. The smallest absolute Gasteiger partial charge is 0.0701 e. The van der Waals surface area contributed by atoms with E-state index in [9.17, 15) is 0 Å². The number of rotatable bonds is 9. The molecule has 0 spiro atoms. The number of hydrogen-bond acceptors (Lipinski definition) is 5. The number of ether oxygens (including phenoxy) is 3. The maximum Gasteiger partial charge on any atom is 0.0701 e. The standard InChI is InChI=1S/C11H24N2O3/c1-14-6-7-16-9-8-15-5-4-13-3-2-11(12)10-13/h11H,2-10,12H2,1H3/t11-/m0/s1. The molecule has 1 aliphatic heterocycles. The molecule has 0 amide bonds. The summed E-state index contributed by atoms with van der Waals surface area (Å²) in [6.07, 6.45) is 1.11. The van der Waals surface area contributed by atoms with Crippen LogP contribution in [-0.2, 0) is 14.2 Å². The highest BCUT2D eigenvalue weighted by atomic mass is 16.5. The lowest BCUT2D eigenvalue weighted by Crippen LogP contribution is -2.29. The highest BCUT2D eigenvalue weighted by molar-refractivity contribution is 4.77. The predicted molar refractivity (Wildman–Crippen MR) is 62.5 cm³/mol. The first-order chi connectivity index (χ1) is 7.83. The molecule has 0 saturated carbocycles. The van der Waals surface area contributed by atoms with E-state index in [1.165, 1.54) is 0 Å². The largest absolute Gasteiger partial charge is 0.382 e. The maximum absolute atomic E-state index is 5.81. The van der Waals surface area contributed by atoms with Crippen LogP contribution in [-0.4, -0.2) is 70.7 Å². The third-order valence-corrected chi connectivity index (χ3v) is 2.66. The van der Waals surface area contributed by atoms with Gasteiger partial charge >= 0.3 is 0 Å². The van der Waals surface area contributed by atoms with E-state index in [4.69, 9.17) is 19.9 Å². The molecular formula is C11H24N2O3. The Hall–Kier alpha value is -0.200. The minimum atomic E-state index is 0.359. The molecule has 1 rings (SSSR count). The SMILES string of the molecule is COCCOCCOCCN1CC[C@H](N)C1. The van der Waals surface area contributed by atoms with Gasteiger partial charge in [-0.25, -0.2) is 0 Å². The molecule has 0 aliphatic carbocycles. The van der Waals surface area contributed by atoms with Gasteiger partial charge < -0.3 is 19.9 Å². The first-order valence-corrected chi connectivity index (χ1v) is 5.95. The molecule has 96 valence electrons. The maximum atomic E-state index is 5.81. The summed E-state index contributed by atoms with van der Waals surface area (Å²) in [5.74, 6) is 0. The minimum Gasteiger partial charge on any atom is -0.382 e. The zero-order valence-electron chi connectivity index (χ0n) is 10.2. The lowest BCUT2D eigenvalue weighted by molar-refractivity contribution is 0.0207. The predicted octanol–water partition coefficient (Wildman–Crippen LogP) is -0.301. The number of nitrogens with two attached hydrogens (primary N) is 1. The fourth-order valence-corrected chi connectivity index (χ4v) is 1.72. The van der Waals surface area contributed by atoms with Gasteiger partial charge in [-0.2, -0.15) is 0 Å². The van der Waals surface area contributed by atoms with Gasteiger partial charge in [0.1, 0.15) is 0 Å². The second-order valence-electron chi connectivity index (χ2n) is 4.07. The van der Waals surface area contributed by atoms with Crippen molar-refractivity contribution in [1.29, 1.82) is 0 Å². The quantitative estimate of drug-likeness (QED) is 0.553. The molecule has 0 aromatic heterocycles. The topological polar surface area (TPSA) is 57.0 Å². The van der Waals surface area contributed by atoms with Gasteiger partial charge in [0.05, 0.1) is 33.0 Å². The van der Waals surface area contributed by atoms with E-state index in [0.29, 0.717) is 32.5 Å². The van der Waals surface area contributed by atoms with E-state index >= 15 is 0 Å². The molecule has 0 bridgehead atoms. The van der Waals surface area contributed by atoms with E-state index in [2.05, 4.69) is 4.90 Å². The molecule has 1 saturated heterocycles. The molecule has 2 N–H and O–H groups in total. The van der Waals surface area contributed by atoms with Gasteiger partial charge in [0.2, 0.25) is 0 Å². The highest BCUT2D eigenvalue weighted by Crippen LogP contribution is 2.05. The molecule has 5 nitrogen and oxygen atoms in total. The van der Waals surface area contributed by atoms with Crippen LogP contribution in [0.25, 0.3) is 0 Å². The van der Waals surface area contributed by atoms with E-state index in [1.807, 2.05) is 0 Å². The van der Waals surface area contributed by atoms with E-state index in [-0.39, 0.29) is 0 Å². The zero-order chi connectivity index (χ0) is 11.6. The van der Waals surface area contributed by atoms with Crippen molar-refractivity contribution < 1.29 is 14.2 Å². The van der Waals surface area contributed by atoms with E-state index < -0.39 is 0 Å². The summed E-state index contributed by atoms with van der Waals surface area (Å²) in [4.78, 5) is 2.34. The van der Waals surface area contributed by atoms with Crippen molar-refractivity contribution in [3.8, 4) is 0 Å². The molecule has 0 aromatic carbocycles. The summed E-state index contributed by atoms with van der Waals surface area (Å²) in [6.45, 7) is 6.44. The van der Waals surface area contributed by atoms with E-state index in [0.717, 1.165) is 32.7 Å². The molecule has 1 heterocycles. The Morgan fingerprint density at radius 3 is 2.44 bits per heavy atom. The summed E-state index contributed by atoms with van der Waals surface area (Å²) in [7, 11) is 1.67. The van der Waals surface area contributed by atoms with Crippen molar-refractivity contribution in [2.24, 2.45) is 5.73 Å². The van der Waals surface area contributed by atoms with Crippen molar-refractivity contribution in [2.45, 2.75) is 12.5 Å². The Morgan fingerprint density at radius 1 is 1.12 bits per heavy atom. The summed E-state index contributed by atoms with van der Waals surface area (Å²) in [5, 5.41) is 0. The molecule has 0 aromatic rings. The van der Waals surface area contributed by atoms with Gasteiger partial charge in [0.15, 0.2) is 0 Å². The fourth-order valence-electron chi connectivity index (χ4n) is 1.72. The summed E-state index contributed by atoms with van der Waals surface area (Å²) in [5.41, 5.74) is 5.81. The van der Waals surface area contributed by atoms with Crippen LogP contribution in [0.3, 0.4) is 0 Å². The van der Waals surface area contributed by atoms with Crippen LogP contribution in [0.5, 0.6) is 0 Å². The van der Waals surface area contributed by atoms with Crippen LogP contribution in [0.1, 0.15) is 6.42 Å². The normalized spacial score (nSPS) is 21.8. The molecule has 0 radical (unpaired) electrons. The van der Waals surface area contributed by atoms with E-state index in [1.54, 1.807) is 7.11 Å². The lowest BCUT2D eigenvalue weighted by atomic mass is 10.3.